The molecule has 2 heteroatoms. The van der Waals surface area contributed by atoms with Gasteiger partial charge in [0.25, 0.3) is 0 Å². The summed E-state index contributed by atoms with van der Waals surface area (Å²) in [6, 6.07) is 0. The second-order valence-corrected chi connectivity index (χ2v) is 6.56. The van der Waals surface area contributed by atoms with E-state index in [0.29, 0.717) is 6.42 Å². The zero-order valence-corrected chi connectivity index (χ0v) is 13.5. The minimum atomic E-state index is -0.506. The van der Waals surface area contributed by atoms with E-state index in [2.05, 4.69) is 13.5 Å². The molecule has 0 bridgehead atoms. The zero-order chi connectivity index (χ0) is 15.1. The maximum atomic E-state index is 12.4. The van der Waals surface area contributed by atoms with Crippen molar-refractivity contribution in [3.63, 3.8) is 0 Å². The molecular formula is C17H32O2. The summed E-state index contributed by atoms with van der Waals surface area (Å²) < 4.78 is 0. The number of aliphatic hydroxyl groups excluding tert-OH is 1. The Bertz CT molecular complexity index is 292. The predicted molar refractivity (Wildman–Crippen MR) is 82.1 cm³/mol. The summed E-state index contributed by atoms with van der Waals surface area (Å²) in [5, 5.41) is 10.1. The molecule has 0 aliphatic heterocycles. The summed E-state index contributed by atoms with van der Waals surface area (Å²) in [6.45, 7) is 13.8. The van der Waals surface area contributed by atoms with E-state index in [1.165, 1.54) is 5.57 Å². The van der Waals surface area contributed by atoms with E-state index in [0.717, 1.165) is 32.1 Å². The van der Waals surface area contributed by atoms with Crippen molar-refractivity contribution in [1.82, 2.24) is 0 Å². The van der Waals surface area contributed by atoms with Gasteiger partial charge in [0.05, 0.1) is 6.10 Å². The third kappa shape index (κ3) is 6.91. The van der Waals surface area contributed by atoms with Crippen LogP contribution < -0.4 is 0 Å². The van der Waals surface area contributed by atoms with Crippen LogP contribution in [0, 0.1) is 11.3 Å². The third-order valence-electron chi connectivity index (χ3n) is 3.89. The van der Waals surface area contributed by atoms with Crippen molar-refractivity contribution in [3.05, 3.63) is 12.2 Å². The lowest BCUT2D eigenvalue weighted by atomic mass is 9.76. The zero-order valence-electron chi connectivity index (χ0n) is 13.5. The van der Waals surface area contributed by atoms with E-state index in [-0.39, 0.29) is 17.1 Å². The van der Waals surface area contributed by atoms with Gasteiger partial charge in [-0.1, -0.05) is 46.1 Å². The van der Waals surface area contributed by atoms with E-state index in [1.807, 2.05) is 27.7 Å². The first kappa shape index (κ1) is 18.4. The highest BCUT2D eigenvalue weighted by Crippen LogP contribution is 2.29. The number of allylic oxidation sites excluding steroid dienone is 1. The maximum absolute atomic E-state index is 12.4. The van der Waals surface area contributed by atoms with Gasteiger partial charge in [-0.2, -0.15) is 0 Å². The highest BCUT2D eigenvalue weighted by atomic mass is 16.3. The Kier molecular flexibility index (Phi) is 8.24. The van der Waals surface area contributed by atoms with Gasteiger partial charge in [-0.05, 0) is 32.6 Å². The van der Waals surface area contributed by atoms with E-state index >= 15 is 0 Å². The Balaban J connectivity index is 4.21. The smallest absolute Gasteiger partial charge is 0.143 e. The average Bonchev–Trinajstić information content (AvgIpc) is 2.32. The Hall–Kier alpha value is -0.630. The molecule has 0 aromatic rings. The molecule has 0 saturated heterocycles. The van der Waals surface area contributed by atoms with Gasteiger partial charge in [0, 0.05) is 11.3 Å². The number of hydrogen-bond donors (Lipinski definition) is 1. The van der Waals surface area contributed by atoms with Crippen LogP contribution in [0.5, 0.6) is 0 Å². The molecule has 0 aliphatic carbocycles. The van der Waals surface area contributed by atoms with Crippen molar-refractivity contribution >= 4 is 5.78 Å². The van der Waals surface area contributed by atoms with Gasteiger partial charge in [-0.25, -0.2) is 0 Å². The number of aliphatic hydroxyl groups is 1. The number of carbonyl (C=O) groups excluding carboxylic acids is 1. The highest BCUT2D eigenvalue weighted by molar-refractivity contribution is 5.86. The minimum Gasteiger partial charge on any atom is -0.392 e. The largest absolute Gasteiger partial charge is 0.392 e. The fraction of sp³-hybridized carbons (Fsp3) is 0.824. The number of Topliss-reactive ketones (excluding diaryl/α,β-unsaturated/α-hetero) is 1. The van der Waals surface area contributed by atoms with Gasteiger partial charge in [-0.3, -0.25) is 4.79 Å². The summed E-state index contributed by atoms with van der Waals surface area (Å²) in [7, 11) is 0. The minimum absolute atomic E-state index is 0.196. The first-order chi connectivity index (χ1) is 8.72. The summed E-state index contributed by atoms with van der Waals surface area (Å²) in [4.78, 5) is 12.4. The molecule has 19 heavy (non-hydrogen) atoms. The monoisotopic (exact) mass is 268 g/mol. The molecule has 0 radical (unpaired) electrons. The van der Waals surface area contributed by atoms with E-state index in [4.69, 9.17) is 0 Å². The van der Waals surface area contributed by atoms with E-state index < -0.39 is 6.10 Å². The van der Waals surface area contributed by atoms with Crippen LogP contribution in [0.3, 0.4) is 0 Å². The molecule has 0 aliphatic rings. The average molecular weight is 268 g/mol. The Labute approximate surface area is 119 Å². The van der Waals surface area contributed by atoms with E-state index in [9.17, 15) is 9.90 Å². The molecule has 0 saturated carbocycles. The summed E-state index contributed by atoms with van der Waals surface area (Å²) in [5.41, 5.74) is 0.870. The van der Waals surface area contributed by atoms with Gasteiger partial charge in [-0.15, -0.1) is 6.58 Å². The van der Waals surface area contributed by atoms with Crippen LogP contribution in [-0.4, -0.2) is 17.0 Å². The van der Waals surface area contributed by atoms with Crippen molar-refractivity contribution in [3.8, 4) is 0 Å². The van der Waals surface area contributed by atoms with Crippen molar-refractivity contribution in [2.75, 3.05) is 0 Å². The lowest BCUT2D eigenvalue weighted by Crippen LogP contribution is -2.35. The lowest BCUT2D eigenvalue weighted by molar-refractivity contribution is -0.134. The second-order valence-electron chi connectivity index (χ2n) is 6.56. The molecule has 0 rings (SSSR count). The lowest BCUT2D eigenvalue weighted by Gasteiger charge is -2.28. The van der Waals surface area contributed by atoms with Gasteiger partial charge in [0.1, 0.15) is 5.78 Å². The number of ketones is 1. The van der Waals surface area contributed by atoms with Gasteiger partial charge < -0.3 is 5.11 Å². The van der Waals surface area contributed by atoms with Crippen molar-refractivity contribution in [2.45, 2.75) is 79.2 Å². The van der Waals surface area contributed by atoms with Gasteiger partial charge in [0.2, 0.25) is 0 Å². The molecular weight excluding hydrogens is 236 g/mol. The van der Waals surface area contributed by atoms with Crippen LogP contribution in [0.15, 0.2) is 12.2 Å². The molecule has 0 aromatic heterocycles. The number of carbonyl (C=O) groups is 1. The van der Waals surface area contributed by atoms with Crippen LogP contribution in [0.2, 0.25) is 0 Å². The van der Waals surface area contributed by atoms with Crippen LogP contribution in [0.4, 0.5) is 0 Å². The van der Waals surface area contributed by atoms with Crippen molar-refractivity contribution in [2.24, 2.45) is 11.3 Å². The number of rotatable bonds is 10. The maximum Gasteiger partial charge on any atom is 0.143 e. The molecule has 2 atom stereocenters. The topological polar surface area (TPSA) is 37.3 Å². The summed E-state index contributed by atoms with van der Waals surface area (Å²) in [5.74, 6) is -0.0619. The number of unbranched alkanes of at least 4 members (excludes halogenated alkanes) is 1. The SMILES string of the molecule is C=C(C)CCCCC(O)[C@@H](C)C(=O)C(C)(C)CCC. The normalized spacial score (nSPS) is 15.1. The molecule has 1 unspecified atom stereocenters. The second kappa shape index (κ2) is 8.52. The highest BCUT2D eigenvalue weighted by Gasteiger charge is 2.33. The molecule has 0 amide bonds. The summed E-state index contributed by atoms with van der Waals surface area (Å²) >= 11 is 0. The quantitative estimate of drug-likeness (QED) is 0.467. The van der Waals surface area contributed by atoms with Gasteiger partial charge >= 0.3 is 0 Å². The Morgan fingerprint density at radius 3 is 2.37 bits per heavy atom. The fourth-order valence-electron chi connectivity index (χ4n) is 2.57. The summed E-state index contributed by atoms with van der Waals surface area (Å²) in [6.07, 6.45) is 5.11. The third-order valence-corrected chi connectivity index (χ3v) is 3.89. The number of hydrogen-bond acceptors (Lipinski definition) is 2. The predicted octanol–water partition coefficient (Wildman–Crippen LogP) is 4.52. The van der Waals surface area contributed by atoms with Crippen LogP contribution in [-0.2, 0) is 4.79 Å². The molecule has 1 N–H and O–H groups in total. The van der Waals surface area contributed by atoms with Crippen LogP contribution in [0.1, 0.15) is 73.1 Å². The standard InChI is InChI=1S/C17H32O2/c1-7-12-17(5,6)16(19)14(4)15(18)11-9-8-10-13(2)3/h14-15,18H,2,7-12H2,1,3-6H3/t14-,15?/m1/s1. The first-order valence-electron chi connectivity index (χ1n) is 7.59. The van der Waals surface area contributed by atoms with Crippen molar-refractivity contribution < 1.29 is 9.90 Å². The molecule has 0 heterocycles. The Morgan fingerprint density at radius 1 is 1.32 bits per heavy atom. The first-order valence-corrected chi connectivity index (χ1v) is 7.59. The molecule has 2 nitrogen and oxygen atoms in total. The molecule has 0 aromatic carbocycles. The van der Waals surface area contributed by atoms with Crippen LogP contribution in [0.25, 0.3) is 0 Å². The van der Waals surface area contributed by atoms with Crippen molar-refractivity contribution in [1.29, 1.82) is 0 Å². The molecule has 112 valence electrons. The van der Waals surface area contributed by atoms with Crippen LogP contribution >= 0.6 is 0 Å². The molecule has 0 spiro atoms. The molecule has 0 fully saturated rings. The van der Waals surface area contributed by atoms with Gasteiger partial charge in [0.15, 0.2) is 0 Å². The van der Waals surface area contributed by atoms with E-state index in [1.54, 1.807) is 0 Å². The fourth-order valence-corrected chi connectivity index (χ4v) is 2.57. The Morgan fingerprint density at radius 2 is 1.89 bits per heavy atom.